The number of rotatable bonds is 3. The smallest absolute Gasteiger partial charge is 0.165 e. The average molecular weight is 331 g/mol. The summed E-state index contributed by atoms with van der Waals surface area (Å²) < 4.78 is 5.79. The standard InChI is InChI=1S/C18H19ClN2O2/c19-15-3-4-16(20-9-15)13-7-14-11-21(10-12-1-2-12)5-6-23-18(14)17(22)8-13/h3-4,7-9,12,22H,1-2,5-6,10-11H2. The highest BCUT2D eigenvalue weighted by Crippen LogP contribution is 2.38. The monoisotopic (exact) mass is 330 g/mol. The quantitative estimate of drug-likeness (QED) is 0.931. The Balaban J connectivity index is 1.67. The van der Waals surface area contributed by atoms with Gasteiger partial charge in [0, 0.05) is 37.0 Å². The van der Waals surface area contributed by atoms with Crippen molar-refractivity contribution in [2.45, 2.75) is 19.4 Å². The number of hydrogen-bond donors (Lipinski definition) is 1. The Kier molecular flexibility index (Phi) is 3.87. The lowest BCUT2D eigenvalue weighted by molar-refractivity contribution is 0.217. The summed E-state index contributed by atoms with van der Waals surface area (Å²) in [6.45, 7) is 3.44. The Bertz CT molecular complexity index is 714. The summed E-state index contributed by atoms with van der Waals surface area (Å²) in [6, 6.07) is 7.45. The maximum atomic E-state index is 10.4. The first-order chi connectivity index (χ1) is 11.2. The molecule has 1 N–H and O–H groups in total. The number of halogens is 1. The van der Waals surface area contributed by atoms with Crippen LogP contribution in [0.3, 0.4) is 0 Å². The van der Waals surface area contributed by atoms with Crippen LogP contribution in [0.1, 0.15) is 18.4 Å². The Morgan fingerprint density at radius 1 is 1.30 bits per heavy atom. The third-order valence-electron chi connectivity index (χ3n) is 4.43. The van der Waals surface area contributed by atoms with Crippen LogP contribution in [-0.2, 0) is 6.54 Å². The minimum Gasteiger partial charge on any atom is -0.504 e. The van der Waals surface area contributed by atoms with Gasteiger partial charge in [-0.25, -0.2) is 0 Å². The van der Waals surface area contributed by atoms with E-state index < -0.39 is 0 Å². The van der Waals surface area contributed by atoms with E-state index in [0.29, 0.717) is 17.4 Å². The molecule has 0 atom stereocenters. The average Bonchev–Trinajstić information content (AvgIpc) is 3.35. The lowest BCUT2D eigenvalue weighted by Crippen LogP contribution is -2.27. The highest BCUT2D eigenvalue weighted by atomic mass is 35.5. The van der Waals surface area contributed by atoms with E-state index in [1.807, 2.05) is 12.1 Å². The molecule has 0 saturated heterocycles. The Labute approximate surface area is 140 Å². The molecule has 0 radical (unpaired) electrons. The van der Waals surface area contributed by atoms with Gasteiger partial charge in [-0.3, -0.25) is 9.88 Å². The number of aromatic nitrogens is 1. The summed E-state index contributed by atoms with van der Waals surface area (Å²) in [5, 5.41) is 11.0. The van der Waals surface area contributed by atoms with Crippen molar-refractivity contribution in [1.82, 2.24) is 9.88 Å². The van der Waals surface area contributed by atoms with Crippen molar-refractivity contribution in [3.8, 4) is 22.8 Å². The van der Waals surface area contributed by atoms with Crippen molar-refractivity contribution < 1.29 is 9.84 Å². The molecule has 0 amide bonds. The van der Waals surface area contributed by atoms with E-state index in [4.69, 9.17) is 16.3 Å². The first-order valence-corrected chi connectivity index (χ1v) is 8.40. The molecule has 5 heteroatoms. The fourth-order valence-corrected chi connectivity index (χ4v) is 3.18. The van der Waals surface area contributed by atoms with Gasteiger partial charge in [-0.15, -0.1) is 0 Å². The summed E-state index contributed by atoms with van der Waals surface area (Å²) in [4.78, 5) is 6.76. The van der Waals surface area contributed by atoms with Crippen molar-refractivity contribution in [3.63, 3.8) is 0 Å². The molecule has 4 rings (SSSR count). The number of pyridine rings is 1. The second kappa shape index (κ2) is 6.02. The van der Waals surface area contributed by atoms with Gasteiger partial charge in [0.25, 0.3) is 0 Å². The number of ether oxygens (including phenoxy) is 1. The number of phenolic OH excluding ortho intramolecular Hbond substituents is 1. The van der Waals surface area contributed by atoms with Crippen LogP contribution in [0.25, 0.3) is 11.3 Å². The normalized spacial score (nSPS) is 18.1. The Morgan fingerprint density at radius 3 is 2.91 bits per heavy atom. The minimum atomic E-state index is 0.183. The van der Waals surface area contributed by atoms with E-state index in [9.17, 15) is 5.11 Å². The zero-order chi connectivity index (χ0) is 15.8. The lowest BCUT2D eigenvalue weighted by Gasteiger charge is -2.19. The fourth-order valence-electron chi connectivity index (χ4n) is 3.07. The summed E-state index contributed by atoms with van der Waals surface area (Å²) >= 11 is 5.90. The zero-order valence-electron chi connectivity index (χ0n) is 12.8. The zero-order valence-corrected chi connectivity index (χ0v) is 13.6. The van der Waals surface area contributed by atoms with E-state index in [0.717, 1.165) is 42.4 Å². The van der Waals surface area contributed by atoms with Crippen molar-refractivity contribution >= 4 is 11.6 Å². The lowest BCUT2D eigenvalue weighted by atomic mass is 10.0. The first kappa shape index (κ1) is 14.8. The van der Waals surface area contributed by atoms with Crippen LogP contribution in [0.2, 0.25) is 5.02 Å². The summed E-state index contributed by atoms with van der Waals surface area (Å²) in [7, 11) is 0. The summed E-state index contributed by atoms with van der Waals surface area (Å²) in [5.74, 6) is 1.63. The molecule has 0 spiro atoms. The molecule has 0 bridgehead atoms. The Hall–Kier alpha value is -1.78. The molecule has 2 heterocycles. The molecule has 1 aromatic carbocycles. The number of phenols is 1. The maximum absolute atomic E-state index is 10.4. The topological polar surface area (TPSA) is 45.6 Å². The molecule has 23 heavy (non-hydrogen) atoms. The van der Waals surface area contributed by atoms with E-state index in [2.05, 4.69) is 16.0 Å². The van der Waals surface area contributed by atoms with Crippen molar-refractivity contribution in [3.05, 3.63) is 41.0 Å². The molecule has 0 unspecified atom stereocenters. The third kappa shape index (κ3) is 3.28. The molecule has 1 fully saturated rings. The predicted octanol–water partition coefficient (Wildman–Crippen LogP) is 3.71. The molecular formula is C18H19ClN2O2. The largest absolute Gasteiger partial charge is 0.504 e. The number of aromatic hydroxyl groups is 1. The second-order valence-corrected chi connectivity index (χ2v) is 6.81. The van der Waals surface area contributed by atoms with Crippen molar-refractivity contribution in [2.24, 2.45) is 5.92 Å². The highest BCUT2D eigenvalue weighted by Gasteiger charge is 2.27. The number of benzene rings is 1. The summed E-state index contributed by atoms with van der Waals surface area (Å²) in [5.41, 5.74) is 2.70. The number of nitrogens with zero attached hydrogens (tertiary/aromatic N) is 2. The first-order valence-electron chi connectivity index (χ1n) is 8.02. The highest BCUT2D eigenvalue weighted by molar-refractivity contribution is 6.30. The third-order valence-corrected chi connectivity index (χ3v) is 4.65. The van der Waals surface area contributed by atoms with Gasteiger partial charge in [-0.05, 0) is 43.0 Å². The van der Waals surface area contributed by atoms with Crippen LogP contribution < -0.4 is 4.74 Å². The van der Waals surface area contributed by atoms with Gasteiger partial charge in [0.2, 0.25) is 0 Å². The van der Waals surface area contributed by atoms with Crippen LogP contribution in [0.15, 0.2) is 30.5 Å². The van der Waals surface area contributed by atoms with Crippen LogP contribution in [0.5, 0.6) is 11.5 Å². The van der Waals surface area contributed by atoms with E-state index in [1.54, 1.807) is 12.3 Å². The molecule has 1 aliphatic carbocycles. The van der Waals surface area contributed by atoms with Gasteiger partial charge < -0.3 is 9.84 Å². The fraction of sp³-hybridized carbons (Fsp3) is 0.389. The van der Waals surface area contributed by atoms with Gasteiger partial charge in [0.15, 0.2) is 11.5 Å². The van der Waals surface area contributed by atoms with E-state index in [1.165, 1.54) is 12.8 Å². The molecule has 120 valence electrons. The van der Waals surface area contributed by atoms with E-state index >= 15 is 0 Å². The van der Waals surface area contributed by atoms with Crippen LogP contribution in [0, 0.1) is 5.92 Å². The van der Waals surface area contributed by atoms with Crippen LogP contribution in [0.4, 0.5) is 0 Å². The molecule has 1 aromatic heterocycles. The van der Waals surface area contributed by atoms with Gasteiger partial charge in [0.05, 0.1) is 10.7 Å². The van der Waals surface area contributed by atoms with Gasteiger partial charge in [-0.2, -0.15) is 0 Å². The van der Waals surface area contributed by atoms with Crippen molar-refractivity contribution in [1.29, 1.82) is 0 Å². The molecule has 1 saturated carbocycles. The van der Waals surface area contributed by atoms with E-state index in [-0.39, 0.29) is 5.75 Å². The maximum Gasteiger partial charge on any atom is 0.165 e. The van der Waals surface area contributed by atoms with Gasteiger partial charge in [-0.1, -0.05) is 11.6 Å². The molecule has 2 aliphatic rings. The SMILES string of the molecule is Oc1cc(-c2ccc(Cl)cn2)cc2c1OCCN(CC1CC1)C2. The number of hydrogen-bond acceptors (Lipinski definition) is 4. The molecular weight excluding hydrogens is 312 g/mol. The van der Waals surface area contributed by atoms with Crippen molar-refractivity contribution in [2.75, 3.05) is 19.7 Å². The van der Waals surface area contributed by atoms with Gasteiger partial charge in [0.1, 0.15) is 6.61 Å². The number of fused-ring (bicyclic) bond motifs is 1. The Morgan fingerprint density at radius 2 is 2.17 bits per heavy atom. The second-order valence-electron chi connectivity index (χ2n) is 6.37. The molecule has 1 aliphatic heterocycles. The molecule has 2 aromatic rings. The summed E-state index contributed by atoms with van der Waals surface area (Å²) in [6.07, 6.45) is 4.30. The molecule has 4 nitrogen and oxygen atoms in total. The van der Waals surface area contributed by atoms with Crippen LogP contribution in [-0.4, -0.2) is 34.7 Å². The minimum absolute atomic E-state index is 0.183. The van der Waals surface area contributed by atoms with Gasteiger partial charge >= 0.3 is 0 Å². The van der Waals surface area contributed by atoms with Crippen LogP contribution >= 0.6 is 11.6 Å². The predicted molar refractivity (Wildman–Crippen MR) is 89.8 cm³/mol.